The quantitative estimate of drug-likeness (QED) is 0.460. The Morgan fingerprint density at radius 3 is 2.39 bits per heavy atom. The summed E-state index contributed by atoms with van der Waals surface area (Å²) in [5.41, 5.74) is 5.77. The number of para-hydroxylation sites is 3. The average Bonchev–Trinajstić information content (AvgIpc) is 3.27. The summed E-state index contributed by atoms with van der Waals surface area (Å²) in [5.74, 6) is 0.929. The van der Waals surface area contributed by atoms with Gasteiger partial charge in [-0.05, 0) is 36.2 Å². The highest BCUT2D eigenvalue weighted by Crippen LogP contribution is 2.25. The van der Waals surface area contributed by atoms with Crippen LogP contribution in [-0.4, -0.2) is 47.6 Å². The first-order valence-corrected chi connectivity index (χ1v) is 11.1. The predicted octanol–water partition coefficient (Wildman–Crippen LogP) is 5.46. The molecule has 2 heterocycles. The van der Waals surface area contributed by atoms with E-state index in [9.17, 15) is 0 Å². The molecular formula is C27H28N4. The van der Waals surface area contributed by atoms with Gasteiger partial charge in [-0.25, -0.2) is 4.98 Å². The smallest absolute Gasteiger partial charge is 0.139 e. The number of aromatic nitrogens is 2. The van der Waals surface area contributed by atoms with Crippen LogP contribution in [0.1, 0.15) is 12.0 Å². The van der Waals surface area contributed by atoms with Gasteiger partial charge in [0, 0.05) is 44.0 Å². The Labute approximate surface area is 183 Å². The van der Waals surface area contributed by atoms with Crippen molar-refractivity contribution >= 4 is 22.8 Å². The number of benzene rings is 3. The Hall–Kier alpha value is -3.37. The first-order chi connectivity index (χ1) is 15.4. The molecule has 0 amide bonds. The molecule has 0 aliphatic carbocycles. The van der Waals surface area contributed by atoms with E-state index in [1.807, 2.05) is 18.2 Å². The van der Waals surface area contributed by atoms with Crippen LogP contribution in [-0.2, 0) is 0 Å². The number of H-pyrrole nitrogens is 1. The molecule has 1 fully saturated rings. The topological polar surface area (TPSA) is 35.2 Å². The molecule has 1 aliphatic heterocycles. The van der Waals surface area contributed by atoms with Gasteiger partial charge in [-0.1, -0.05) is 66.7 Å². The Kier molecular flexibility index (Phi) is 5.81. The molecule has 0 unspecified atom stereocenters. The molecule has 1 aromatic heterocycles. The van der Waals surface area contributed by atoms with Gasteiger partial charge in [0.25, 0.3) is 0 Å². The van der Waals surface area contributed by atoms with Crippen molar-refractivity contribution in [1.29, 1.82) is 0 Å². The molecule has 0 bridgehead atoms. The van der Waals surface area contributed by atoms with Crippen LogP contribution in [0.2, 0.25) is 0 Å². The highest BCUT2D eigenvalue weighted by atomic mass is 15.3. The van der Waals surface area contributed by atoms with Crippen molar-refractivity contribution in [3.05, 3.63) is 90.5 Å². The predicted molar refractivity (Wildman–Crippen MR) is 130 cm³/mol. The first kappa shape index (κ1) is 19.6. The third-order valence-corrected chi connectivity index (χ3v) is 6.01. The average molecular weight is 409 g/mol. The second-order valence-corrected chi connectivity index (χ2v) is 8.05. The van der Waals surface area contributed by atoms with E-state index in [2.05, 4.69) is 87.6 Å². The van der Waals surface area contributed by atoms with Crippen molar-refractivity contribution in [3.8, 4) is 11.4 Å². The lowest BCUT2D eigenvalue weighted by Crippen LogP contribution is -2.46. The van der Waals surface area contributed by atoms with Gasteiger partial charge in [0.2, 0.25) is 0 Å². The lowest BCUT2D eigenvalue weighted by molar-refractivity contribution is 0.263. The number of hydrogen-bond donors (Lipinski definition) is 1. The molecule has 156 valence electrons. The Morgan fingerprint density at radius 2 is 1.55 bits per heavy atom. The number of aromatic amines is 1. The number of nitrogens with zero attached hydrogens (tertiary/aromatic N) is 3. The summed E-state index contributed by atoms with van der Waals surface area (Å²) in [7, 11) is 0. The fourth-order valence-corrected chi connectivity index (χ4v) is 4.27. The van der Waals surface area contributed by atoms with Gasteiger partial charge in [-0.2, -0.15) is 0 Å². The van der Waals surface area contributed by atoms with Crippen LogP contribution in [0.5, 0.6) is 0 Å². The maximum Gasteiger partial charge on any atom is 0.139 e. The normalized spacial score (nSPS) is 15.2. The van der Waals surface area contributed by atoms with E-state index in [-0.39, 0.29) is 0 Å². The van der Waals surface area contributed by atoms with Gasteiger partial charge < -0.3 is 9.88 Å². The number of anilines is 1. The SMILES string of the molecule is C(=Cc1ccccc1-c1nc2ccccc2[nH]1)CCN1CCN(c2ccccc2)CC1. The number of piperazine rings is 1. The molecule has 4 aromatic rings. The molecule has 1 saturated heterocycles. The minimum absolute atomic E-state index is 0.929. The summed E-state index contributed by atoms with van der Waals surface area (Å²) < 4.78 is 0. The molecule has 1 N–H and O–H groups in total. The standard InChI is InChI=1S/C27H28N4/c1-2-12-23(13-3-1)31-20-18-30(19-21-31)17-9-8-11-22-10-4-5-14-24(22)27-28-25-15-6-7-16-26(25)29-27/h1-8,10-16H,9,17-21H2,(H,28,29). The van der Waals surface area contributed by atoms with E-state index in [4.69, 9.17) is 4.98 Å². The summed E-state index contributed by atoms with van der Waals surface area (Å²) in [6.07, 6.45) is 5.59. The van der Waals surface area contributed by atoms with Crippen LogP contribution in [0.25, 0.3) is 28.5 Å². The fraction of sp³-hybridized carbons (Fsp3) is 0.222. The maximum atomic E-state index is 4.78. The first-order valence-electron chi connectivity index (χ1n) is 11.1. The third kappa shape index (κ3) is 4.54. The van der Waals surface area contributed by atoms with Crippen LogP contribution in [0.4, 0.5) is 5.69 Å². The monoisotopic (exact) mass is 408 g/mol. The van der Waals surface area contributed by atoms with Gasteiger partial charge >= 0.3 is 0 Å². The third-order valence-electron chi connectivity index (χ3n) is 6.01. The number of rotatable bonds is 6. The maximum absolute atomic E-state index is 4.78. The largest absolute Gasteiger partial charge is 0.369 e. The Balaban J connectivity index is 1.18. The van der Waals surface area contributed by atoms with Crippen molar-refractivity contribution in [1.82, 2.24) is 14.9 Å². The zero-order chi connectivity index (χ0) is 20.9. The highest BCUT2D eigenvalue weighted by Gasteiger charge is 2.16. The summed E-state index contributed by atoms with van der Waals surface area (Å²) >= 11 is 0. The number of nitrogens with one attached hydrogen (secondary N) is 1. The van der Waals surface area contributed by atoms with E-state index in [0.29, 0.717) is 0 Å². The molecule has 0 saturated carbocycles. The van der Waals surface area contributed by atoms with Crippen molar-refractivity contribution < 1.29 is 0 Å². The highest BCUT2D eigenvalue weighted by molar-refractivity contribution is 5.81. The van der Waals surface area contributed by atoms with E-state index >= 15 is 0 Å². The van der Waals surface area contributed by atoms with Gasteiger partial charge in [0.05, 0.1) is 11.0 Å². The van der Waals surface area contributed by atoms with E-state index in [1.165, 1.54) is 11.3 Å². The number of hydrogen-bond acceptors (Lipinski definition) is 3. The summed E-state index contributed by atoms with van der Waals surface area (Å²) in [5, 5.41) is 0. The minimum atomic E-state index is 0.929. The zero-order valence-electron chi connectivity index (χ0n) is 17.7. The van der Waals surface area contributed by atoms with Crippen LogP contribution < -0.4 is 4.90 Å². The van der Waals surface area contributed by atoms with Crippen LogP contribution >= 0.6 is 0 Å². The van der Waals surface area contributed by atoms with Gasteiger partial charge in [-0.3, -0.25) is 4.90 Å². The molecule has 5 rings (SSSR count). The van der Waals surface area contributed by atoms with Gasteiger partial charge in [-0.15, -0.1) is 0 Å². The second kappa shape index (κ2) is 9.19. The van der Waals surface area contributed by atoms with Gasteiger partial charge in [0.1, 0.15) is 5.82 Å². The summed E-state index contributed by atoms with van der Waals surface area (Å²) in [6.45, 7) is 5.55. The van der Waals surface area contributed by atoms with Crippen LogP contribution in [0.15, 0.2) is 84.9 Å². The molecule has 31 heavy (non-hydrogen) atoms. The summed E-state index contributed by atoms with van der Waals surface area (Å²) in [6, 6.07) is 27.4. The van der Waals surface area contributed by atoms with E-state index in [1.54, 1.807) is 0 Å². The van der Waals surface area contributed by atoms with Crippen molar-refractivity contribution in [2.75, 3.05) is 37.6 Å². The molecule has 0 radical (unpaired) electrons. The second-order valence-electron chi connectivity index (χ2n) is 8.05. The molecule has 4 heteroatoms. The zero-order valence-corrected chi connectivity index (χ0v) is 17.7. The van der Waals surface area contributed by atoms with Crippen molar-refractivity contribution in [2.24, 2.45) is 0 Å². The molecular weight excluding hydrogens is 380 g/mol. The van der Waals surface area contributed by atoms with E-state index < -0.39 is 0 Å². The van der Waals surface area contributed by atoms with Crippen molar-refractivity contribution in [3.63, 3.8) is 0 Å². The lowest BCUT2D eigenvalue weighted by atomic mass is 10.1. The Morgan fingerprint density at radius 1 is 0.806 bits per heavy atom. The lowest BCUT2D eigenvalue weighted by Gasteiger charge is -2.36. The Bertz CT molecular complexity index is 1120. The van der Waals surface area contributed by atoms with Crippen LogP contribution in [0, 0.1) is 0 Å². The summed E-state index contributed by atoms with van der Waals surface area (Å²) in [4.78, 5) is 13.3. The molecule has 0 spiro atoms. The van der Waals surface area contributed by atoms with Crippen molar-refractivity contribution in [2.45, 2.75) is 6.42 Å². The fourth-order valence-electron chi connectivity index (χ4n) is 4.27. The van der Waals surface area contributed by atoms with Gasteiger partial charge in [0.15, 0.2) is 0 Å². The number of fused-ring (bicyclic) bond motifs is 1. The number of imidazole rings is 1. The minimum Gasteiger partial charge on any atom is -0.369 e. The van der Waals surface area contributed by atoms with E-state index in [0.717, 1.165) is 61.6 Å². The molecule has 1 aliphatic rings. The molecule has 4 nitrogen and oxygen atoms in total. The van der Waals surface area contributed by atoms with Crippen LogP contribution in [0.3, 0.4) is 0 Å². The molecule has 3 aromatic carbocycles. The molecule has 0 atom stereocenters.